The highest BCUT2D eigenvalue weighted by Gasteiger charge is 2.19. The van der Waals surface area contributed by atoms with Gasteiger partial charge >= 0.3 is 0 Å². The molecule has 0 radical (unpaired) electrons. The molecule has 0 saturated heterocycles. The molecule has 0 amide bonds. The summed E-state index contributed by atoms with van der Waals surface area (Å²) in [6, 6.07) is 37.9. The molecule has 9 aromatic rings. The second kappa shape index (κ2) is 7.55. The fourth-order valence-corrected chi connectivity index (χ4v) is 6.19. The Morgan fingerprint density at radius 1 is 0.487 bits per heavy atom. The molecule has 182 valence electrons. The number of hydrogen-bond acceptors (Lipinski definition) is 3. The highest BCUT2D eigenvalue weighted by Crippen LogP contribution is 2.39. The SMILES string of the molecule is c1cc(-n2c3ccccc3c3ncccc32)c2oc3ccc(-n4c5ccccc5c5ncccc54)cc3c2c1. The van der Waals surface area contributed by atoms with Crippen LogP contribution < -0.4 is 0 Å². The summed E-state index contributed by atoms with van der Waals surface area (Å²) in [6.07, 6.45) is 3.71. The predicted octanol–water partition coefficient (Wildman–Crippen LogP) is 8.57. The van der Waals surface area contributed by atoms with Gasteiger partial charge in [-0.15, -0.1) is 0 Å². The largest absolute Gasteiger partial charge is 0.454 e. The van der Waals surface area contributed by atoms with Gasteiger partial charge in [0.2, 0.25) is 0 Å². The second-order valence-corrected chi connectivity index (χ2v) is 9.88. The van der Waals surface area contributed by atoms with Crippen LogP contribution in [0.15, 0.2) is 126 Å². The normalized spacial score (nSPS) is 12.1. The molecule has 5 heteroatoms. The Labute approximate surface area is 222 Å². The number of fused-ring (bicyclic) bond motifs is 9. The number of pyridine rings is 2. The van der Waals surface area contributed by atoms with Gasteiger partial charge in [-0.1, -0.05) is 48.5 Å². The summed E-state index contributed by atoms with van der Waals surface area (Å²) >= 11 is 0. The number of benzene rings is 4. The van der Waals surface area contributed by atoms with Gasteiger partial charge in [0.15, 0.2) is 5.58 Å². The molecule has 0 aliphatic rings. The van der Waals surface area contributed by atoms with Crippen LogP contribution in [0.4, 0.5) is 0 Å². The maximum absolute atomic E-state index is 6.59. The van der Waals surface area contributed by atoms with E-state index in [1.54, 1.807) is 0 Å². The summed E-state index contributed by atoms with van der Waals surface area (Å²) in [5.74, 6) is 0. The quantitative estimate of drug-likeness (QED) is 0.239. The second-order valence-electron chi connectivity index (χ2n) is 9.88. The number of hydrogen-bond donors (Lipinski definition) is 0. The zero-order valence-corrected chi connectivity index (χ0v) is 20.7. The average molecular weight is 501 g/mol. The van der Waals surface area contributed by atoms with Gasteiger partial charge in [0.1, 0.15) is 5.58 Å². The summed E-state index contributed by atoms with van der Waals surface area (Å²) in [6.45, 7) is 0. The Bertz CT molecular complexity index is 2300. The van der Waals surface area contributed by atoms with Crippen molar-refractivity contribution in [2.45, 2.75) is 0 Å². The lowest BCUT2D eigenvalue weighted by Gasteiger charge is -2.08. The van der Waals surface area contributed by atoms with Gasteiger partial charge in [0.25, 0.3) is 0 Å². The highest BCUT2D eigenvalue weighted by molar-refractivity contribution is 6.12. The Kier molecular flexibility index (Phi) is 3.99. The minimum atomic E-state index is 0.860. The first-order valence-corrected chi connectivity index (χ1v) is 13.0. The first kappa shape index (κ1) is 20.6. The number of nitrogens with zero attached hydrogens (tertiary/aromatic N) is 4. The molecular weight excluding hydrogens is 480 g/mol. The lowest BCUT2D eigenvalue weighted by molar-refractivity contribution is 0.666. The van der Waals surface area contributed by atoms with Crippen LogP contribution in [-0.2, 0) is 0 Å². The van der Waals surface area contributed by atoms with Crippen molar-refractivity contribution in [1.82, 2.24) is 19.1 Å². The number of rotatable bonds is 2. The van der Waals surface area contributed by atoms with Gasteiger partial charge in [-0.2, -0.15) is 0 Å². The van der Waals surface area contributed by atoms with Crippen LogP contribution in [0.1, 0.15) is 0 Å². The Balaban J connectivity index is 1.34. The molecule has 5 heterocycles. The smallest absolute Gasteiger partial charge is 0.159 e. The van der Waals surface area contributed by atoms with E-state index in [1.165, 1.54) is 0 Å². The number of para-hydroxylation sites is 3. The van der Waals surface area contributed by atoms with Crippen LogP contribution in [0.2, 0.25) is 0 Å². The zero-order valence-electron chi connectivity index (χ0n) is 20.7. The third-order valence-electron chi connectivity index (χ3n) is 7.81. The monoisotopic (exact) mass is 500 g/mol. The molecule has 0 atom stereocenters. The first-order valence-electron chi connectivity index (χ1n) is 13.0. The molecule has 0 unspecified atom stereocenters. The van der Waals surface area contributed by atoms with Crippen molar-refractivity contribution in [3.63, 3.8) is 0 Å². The maximum Gasteiger partial charge on any atom is 0.159 e. The summed E-state index contributed by atoms with van der Waals surface area (Å²) in [7, 11) is 0. The summed E-state index contributed by atoms with van der Waals surface area (Å²) in [4.78, 5) is 9.41. The molecule has 39 heavy (non-hydrogen) atoms. The van der Waals surface area contributed by atoms with Crippen molar-refractivity contribution >= 4 is 65.8 Å². The zero-order chi connectivity index (χ0) is 25.5. The number of furan rings is 1. The van der Waals surface area contributed by atoms with Crippen molar-refractivity contribution < 1.29 is 4.42 Å². The minimum Gasteiger partial charge on any atom is -0.454 e. The Morgan fingerprint density at radius 2 is 1.10 bits per heavy atom. The average Bonchev–Trinajstić information content (AvgIpc) is 3.65. The minimum absolute atomic E-state index is 0.860. The van der Waals surface area contributed by atoms with E-state index < -0.39 is 0 Å². The van der Waals surface area contributed by atoms with E-state index in [0.717, 1.165) is 77.2 Å². The molecule has 0 fully saturated rings. The van der Waals surface area contributed by atoms with Crippen molar-refractivity contribution in [3.05, 3.63) is 122 Å². The molecular formula is C34H20N4O. The molecule has 0 saturated carbocycles. The van der Waals surface area contributed by atoms with Crippen molar-refractivity contribution in [2.24, 2.45) is 0 Å². The van der Waals surface area contributed by atoms with Gasteiger partial charge in [-0.25, -0.2) is 0 Å². The molecule has 0 aliphatic heterocycles. The van der Waals surface area contributed by atoms with Crippen molar-refractivity contribution in [3.8, 4) is 11.4 Å². The van der Waals surface area contributed by atoms with Crippen LogP contribution in [0, 0.1) is 0 Å². The van der Waals surface area contributed by atoms with E-state index in [-0.39, 0.29) is 0 Å². The standard InChI is InChI=1S/C34H20N4O/c1-3-11-26-23(8-1)32-28(14-6-18-35-32)37(26)21-16-17-31-25(20-21)22-10-5-13-30(34(22)39-31)38-27-12-4-2-9-24(27)33-29(38)15-7-19-36-33/h1-20H. The van der Waals surface area contributed by atoms with Crippen molar-refractivity contribution in [2.75, 3.05) is 0 Å². The summed E-state index contributed by atoms with van der Waals surface area (Å²) in [5.41, 5.74) is 10.2. The van der Waals surface area contributed by atoms with Gasteiger partial charge in [0.05, 0.1) is 38.8 Å². The lowest BCUT2D eigenvalue weighted by atomic mass is 10.1. The van der Waals surface area contributed by atoms with Crippen LogP contribution in [0.3, 0.4) is 0 Å². The Morgan fingerprint density at radius 3 is 1.85 bits per heavy atom. The molecule has 5 aromatic heterocycles. The topological polar surface area (TPSA) is 48.8 Å². The van der Waals surface area contributed by atoms with Gasteiger partial charge in [-0.3, -0.25) is 9.97 Å². The van der Waals surface area contributed by atoms with E-state index in [9.17, 15) is 0 Å². The van der Waals surface area contributed by atoms with E-state index in [1.807, 2.05) is 24.5 Å². The van der Waals surface area contributed by atoms with E-state index in [2.05, 4.69) is 106 Å². The summed E-state index contributed by atoms with van der Waals surface area (Å²) < 4.78 is 11.1. The molecule has 9 rings (SSSR count). The predicted molar refractivity (Wildman–Crippen MR) is 158 cm³/mol. The van der Waals surface area contributed by atoms with Crippen molar-refractivity contribution in [1.29, 1.82) is 0 Å². The van der Waals surface area contributed by atoms with Crippen LogP contribution in [-0.4, -0.2) is 19.1 Å². The van der Waals surface area contributed by atoms with Gasteiger partial charge in [0, 0.05) is 39.6 Å². The van der Waals surface area contributed by atoms with Crippen LogP contribution in [0.25, 0.3) is 77.2 Å². The molecule has 0 bridgehead atoms. The highest BCUT2D eigenvalue weighted by atomic mass is 16.3. The fourth-order valence-electron chi connectivity index (χ4n) is 6.19. The fraction of sp³-hybridized carbons (Fsp3) is 0. The van der Waals surface area contributed by atoms with Gasteiger partial charge in [-0.05, 0) is 60.7 Å². The van der Waals surface area contributed by atoms with Crippen LogP contribution >= 0.6 is 0 Å². The molecule has 0 aliphatic carbocycles. The summed E-state index contributed by atoms with van der Waals surface area (Å²) in [5, 5.41) is 4.44. The molecule has 4 aromatic carbocycles. The molecule has 0 N–H and O–H groups in total. The lowest BCUT2D eigenvalue weighted by Crippen LogP contribution is -1.94. The third kappa shape index (κ3) is 2.73. The van der Waals surface area contributed by atoms with Gasteiger partial charge < -0.3 is 13.6 Å². The molecule has 5 nitrogen and oxygen atoms in total. The maximum atomic E-state index is 6.59. The number of aromatic nitrogens is 4. The third-order valence-corrected chi connectivity index (χ3v) is 7.81. The van der Waals surface area contributed by atoms with E-state index in [0.29, 0.717) is 0 Å². The van der Waals surface area contributed by atoms with E-state index >= 15 is 0 Å². The van der Waals surface area contributed by atoms with Crippen LogP contribution in [0.5, 0.6) is 0 Å². The first-order chi connectivity index (χ1) is 19.4. The molecule has 0 spiro atoms. The van der Waals surface area contributed by atoms with E-state index in [4.69, 9.17) is 14.4 Å². The Hall–Kier alpha value is -5.42.